The molecule has 1 atom stereocenters. The number of aliphatic carboxylic acids is 1. The molecular formula is C18H28O3. The fourth-order valence-corrected chi connectivity index (χ4v) is 2.20. The molecule has 1 fully saturated rings. The van der Waals surface area contributed by atoms with Gasteiger partial charge in [0.15, 0.2) is 6.10 Å². The van der Waals surface area contributed by atoms with E-state index in [-0.39, 0.29) is 0 Å². The largest absolute Gasteiger partial charge is 0.483 e. The van der Waals surface area contributed by atoms with Gasteiger partial charge in [0.05, 0.1) is 0 Å². The molecule has 0 aliphatic carbocycles. The van der Waals surface area contributed by atoms with Crippen LogP contribution in [0.1, 0.15) is 64.7 Å². The van der Waals surface area contributed by atoms with Crippen molar-refractivity contribution in [1.29, 1.82) is 0 Å². The Morgan fingerprint density at radius 1 is 1.14 bits per heavy atom. The van der Waals surface area contributed by atoms with Crippen molar-refractivity contribution in [3.05, 3.63) is 36.1 Å². The van der Waals surface area contributed by atoms with E-state index in [1.807, 2.05) is 0 Å². The molecule has 0 radical (unpaired) electrons. The molecule has 1 rings (SSSR count). The van der Waals surface area contributed by atoms with Crippen molar-refractivity contribution in [2.45, 2.75) is 70.8 Å². The summed E-state index contributed by atoms with van der Waals surface area (Å²) < 4.78 is 5.52. The first-order valence-corrected chi connectivity index (χ1v) is 8.14. The number of hydrogen-bond donors (Lipinski definition) is 1. The summed E-state index contributed by atoms with van der Waals surface area (Å²) in [7, 11) is 0. The van der Waals surface area contributed by atoms with Crippen molar-refractivity contribution >= 4 is 5.97 Å². The van der Waals surface area contributed by atoms with Crippen molar-refractivity contribution in [2.75, 3.05) is 0 Å². The maximum absolute atomic E-state index is 10.3. The summed E-state index contributed by atoms with van der Waals surface area (Å²) in [5, 5.41) is 8.53. The molecule has 0 saturated carbocycles. The molecule has 3 nitrogen and oxygen atoms in total. The predicted molar refractivity (Wildman–Crippen MR) is 86.1 cm³/mol. The van der Waals surface area contributed by atoms with Gasteiger partial charge in [-0.2, -0.15) is 0 Å². The van der Waals surface area contributed by atoms with Crippen LogP contribution < -0.4 is 0 Å². The first-order valence-electron chi connectivity index (χ1n) is 8.14. The van der Waals surface area contributed by atoms with E-state index in [0.717, 1.165) is 50.7 Å². The minimum absolute atomic E-state index is 0.304. The molecule has 1 saturated heterocycles. The topological polar surface area (TPSA) is 49.8 Å². The molecular weight excluding hydrogens is 264 g/mol. The van der Waals surface area contributed by atoms with Crippen LogP contribution in [0, 0.1) is 0 Å². The Bertz CT molecular complexity index is 380. The van der Waals surface area contributed by atoms with E-state index in [1.165, 1.54) is 6.42 Å². The van der Waals surface area contributed by atoms with E-state index in [0.29, 0.717) is 12.5 Å². The first-order chi connectivity index (χ1) is 10.2. The second-order valence-electron chi connectivity index (χ2n) is 5.42. The van der Waals surface area contributed by atoms with E-state index < -0.39 is 5.97 Å². The van der Waals surface area contributed by atoms with E-state index in [2.05, 4.69) is 37.3 Å². The number of carboxylic acid groups (broad SMARTS) is 1. The molecule has 1 aliphatic heterocycles. The van der Waals surface area contributed by atoms with Crippen LogP contribution in [0.3, 0.4) is 0 Å². The second-order valence-corrected chi connectivity index (χ2v) is 5.42. The van der Waals surface area contributed by atoms with Gasteiger partial charge in [0.25, 0.3) is 0 Å². The summed E-state index contributed by atoms with van der Waals surface area (Å²) in [5.41, 5.74) is 0. The maximum Gasteiger partial charge on any atom is 0.303 e. The van der Waals surface area contributed by atoms with Crippen molar-refractivity contribution in [3.63, 3.8) is 0 Å². The fourth-order valence-electron chi connectivity index (χ4n) is 2.20. The van der Waals surface area contributed by atoms with E-state index in [1.54, 1.807) is 0 Å². The summed E-state index contributed by atoms with van der Waals surface area (Å²) in [5.74, 6) is 0.422. The minimum atomic E-state index is -0.686. The van der Waals surface area contributed by atoms with E-state index in [4.69, 9.17) is 9.84 Å². The molecule has 0 aromatic heterocycles. The van der Waals surface area contributed by atoms with Crippen LogP contribution in [0.5, 0.6) is 0 Å². The average Bonchev–Trinajstić information content (AvgIpc) is 3.20. The number of ether oxygens (including phenoxy) is 1. The number of rotatable bonds is 12. The molecule has 0 spiro atoms. The summed E-state index contributed by atoms with van der Waals surface area (Å²) in [6.45, 7) is 2.14. The van der Waals surface area contributed by atoms with Gasteiger partial charge in [-0.25, -0.2) is 0 Å². The van der Waals surface area contributed by atoms with Crippen LogP contribution in [0.15, 0.2) is 36.1 Å². The van der Waals surface area contributed by atoms with Crippen LogP contribution in [-0.4, -0.2) is 17.2 Å². The van der Waals surface area contributed by atoms with Crippen LogP contribution in [0.25, 0.3) is 0 Å². The Hall–Kier alpha value is -1.51. The van der Waals surface area contributed by atoms with Gasteiger partial charge in [-0.3, -0.25) is 4.79 Å². The zero-order valence-corrected chi connectivity index (χ0v) is 13.1. The van der Waals surface area contributed by atoms with Gasteiger partial charge in [-0.15, -0.1) is 0 Å². The summed E-state index contributed by atoms with van der Waals surface area (Å²) in [6, 6.07) is 0. The molecule has 0 aromatic rings. The number of carboxylic acids is 1. The molecule has 0 aromatic carbocycles. The summed E-state index contributed by atoms with van der Waals surface area (Å²) in [6.07, 6.45) is 19.7. The third-order valence-corrected chi connectivity index (χ3v) is 3.47. The monoisotopic (exact) mass is 292 g/mol. The minimum Gasteiger partial charge on any atom is -0.483 e. The quantitative estimate of drug-likeness (QED) is 0.313. The highest BCUT2D eigenvalue weighted by Gasteiger charge is 2.30. The van der Waals surface area contributed by atoms with Crippen molar-refractivity contribution in [2.24, 2.45) is 0 Å². The molecule has 21 heavy (non-hydrogen) atoms. The lowest BCUT2D eigenvalue weighted by Crippen LogP contribution is -1.93. The third-order valence-electron chi connectivity index (χ3n) is 3.47. The second kappa shape index (κ2) is 11.2. The lowest BCUT2D eigenvalue weighted by Gasteiger charge is -1.98. The van der Waals surface area contributed by atoms with E-state index in [9.17, 15) is 4.79 Å². The maximum atomic E-state index is 10.3. The zero-order valence-electron chi connectivity index (χ0n) is 13.1. The predicted octanol–water partition coefficient (Wildman–Crippen LogP) is 5.00. The Morgan fingerprint density at radius 3 is 2.67 bits per heavy atom. The van der Waals surface area contributed by atoms with Crippen molar-refractivity contribution < 1.29 is 14.6 Å². The highest BCUT2D eigenvalue weighted by Crippen LogP contribution is 2.31. The third kappa shape index (κ3) is 9.94. The Balaban J connectivity index is 1.94. The van der Waals surface area contributed by atoms with Gasteiger partial charge in [-0.1, -0.05) is 50.5 Å². The van der Waals surface area contributed by atoms with Crippen LogP contribution in [-0.2, 0) is 9.53 Å². The molecule has 1 aliphatic rings. The fraction of sp³-hybridized carbons (Fsp3) is 0.611. The molecule has 0 amide bonds. The highest BCUT2D eigenvalue weighted by atomic mass is 16.6. The zero-order chi connectivity index (χ0) is 15.3. The normalized spacial score (nSPS) is 19.5. The summed E-state index contributed by atoms with van der Waals surface area (Å²) >= 11 is 0. The SMILES string of the molecule is CC/C=C\C/C=C\C=C1/OC1CCCCCCCC(=O)O. The molecule has 1 heterocycles. The number of allylic oxidation sites excluding steroid dienone is 5. The van der Waals surface area contributed by atoms with Crippen LogP contribution in [0.2, 0.25) is 0 Å². The molecule has 0 bridgehead atoms. The van der Waals surface area contributed by atoms with Crippen molar-refractivity contribution in [1.82, 2.24) is 0 Å². The highest BCUT2D eigenvalue weighted by molar-refractivity contribution is 5.66. The Morgan fingerprint density at radius 2 is 1.90 bits per heavy atom. The van der Waals surface area contributed by atoms with Gasteiger partial charge < -0.3 is 9.84 Å². The smallest absolute Gasteiger partial charge is 0.303 e. The number of unbranched alkanes of at least 4 members (excludes halogenated alkanes) is 4. The van der Waals surface area contributed by atoms with Crippen molar-refractivity contribution in [3.8, 4) is 0 Å². The van der Waals surface area contributed by atoms with Gasteiger partial charge in [0.2, 0.25) is 0 Å². The lowest BCUT2D eigenvalue weighted by molar-refractivity contribution is -0.137. The van der Waals surface area contributed by atoms with Gasteiger partial charge >= 0.3 is 5.97 Å². The average molecular weight is 292 g/mol. The Kier molecular flexibility index (Phi) is 9.34. The van der Waals surface area contributed by atoms with Gasteiger partial charge in [-0.05, 0) is 38.2 Å². The number of hydrogen-bond acceptors (Lipinski definition) is 2. The number of epoxide rings is 1. The molecule has 3 heteroatoms. The van der Waals surface area contributed by atoms with Crippen LogP contribution in [0.4, 0.5) is 0 Å². The number of carbonyl (C=O) groups is 1. The molecule has 1 N–H and O–H groups in total. The molecule has 118 valence electrons. The standard InChI is InChI=1S/C18H28O3/c1-2-3-4-5-7-10-13-16-17(21-16)14-11-8-6-9-12-15-18(19)20/h3-4,7,10,13,17H,2,5-6,8-9,11-12,14-15H2,1H3,(H,19,20)/b4-3-,10-7-,16-13-. The summed E-state index contributed by atoms with van der Waals surface area (Å²) in [4.78, 5) is 10.3. The van der Waals surface area contributed by atoms with E-state index >= 15 is 0 Å². The van der Waals surface area contributed by atoms with Gasteiger partial charge in [0, 0.05) is 6.42 Å². The van der Waals surface area contributed by atoms with Crippen LogP contribution >= 0.6 is 0 Å². The first kappa shape index (κ1) is 17.5. The Labute approximate surface area is 128 Å². The molecule has 1 unspecified atom stereocenters. The van der Waals surface area contributed by atoms with Gasteiger partial charge in [0.1, 0.15) is 5.76 Å². The lowest BCUT2D eigenvalue weighted by atomic mass is 10.1.